The average Bonchev–Trinajstić information content (AvgIpc) is 2.34. The van der Waals surface area contributed by atoms with Gasteiger partial charge in [0.25, 0.3) is 0 Å². The third kappa shape index (κ3) is 6.22. The van der Waals surface area contributed by atoms with Crippen molar-refractivity contribution in [3.63, 3.8) is 0 Å². The number of benzene rings is 1. The minimum Gasteiger partial charge on any atom is -0.481 e. The predicted molar refractivity (Wildman–Crippen MR) is 85.1 cm³/mol. The second kappa shape index (κ2) is 7.98. The van der Waals surface area contributed by atoms with E-state index in [9.17, 15) is 9.36 Å². The molecule has 2 N–H and O–H groups in total. The fraction of sp³-hybridized carbons (Fsp3) is 0.417. The van der Waals surface area contributed by atoms with E-state index in [1.54, 1.807) is 23.9 Å². The molecule has 112 valence electrons. The van der Waals surface area contributed by atoms with Crippen molar-refractivity contribution in [2.75, 3.05) is 12.8 Å². The molecule has 0 bridgehead atoms. The van der Waals surface area contributed by atoms with E-state index >= 15 is 0 Å². The Balaban J connectivity index is 2.55. The summed E-state index contributed by atoms with van der Waals surface area (Å²) in [6.07, 6.45) is 2.37. The molecule has 0 saturated heterocycles. The van der Waals surface area contributed by atoms with E-state index in [4.69, 9.17) is 9.63 Å². The van der Waals surface area contributed by atoms with Gasteiger partial charge in [-0.3, -0.25) is 4.79 Å². The lowest BCUT2D eigenvalue weighted by Crippen LogP contribution is -2.13. The van der Waals surface area contributed by atoms with Crippen LogP contribution >= 0.6 is 30.7 Å². The summed E-state index contributed by atoms with van der Waals surface area (Å²) < 4.78 is 17.4. The Hall–Kier alpha value is -0.620. The number of hydrogen-bond acceptors (Lipinski definition) is 4. The van der Waals surface area contributed by atoms with Crippen molar-refractivity contribution in [3.05, 3.63) is 23.8 Å². The summed E-state index contributed by atoms with van der Waals surface area (Å²) in [5, 5.41) is 11.1. The van der Waals surface area contributed by atoms with Crippen molar-refractivity contribution < 1.29 is 19.0 Å². The van der Waals surface area contributed by atoms with E-state index in [-0.39, 0.29) is 13.0 Å². The van der Waals surface area contributed by atoms with Crippen LogP contribution < -0.4 is 9.61 Å². The molecule has 0 aliphatic rings. The zero-order valence-electron chi connectivity index (χ0n) is 11.3. The highest BCUT2D eigenvalue weighted by molar-refractivity contribution is 8.45. The number of thioether (sulfide) groups is 1. The first kappa shape index (κ1) is 17.4. The van der Waals surface area contributed by atoms with Gasteiger partial charge in [0.2, 0.25) is 0 Å². The smallest absolute Gasteiger partial charge is 0.371 e. The normalized spacial score (nSPS) is 13.8. The third-order valence-corrected chi connectivity index (χ3v) is 5.12. The Bertz CT molecular complexity index is 524. The van der Waals surface area contributed by atoms with Crippen molar-refractivity contribution in [2.24, 2.45) is 0 Å². The van der Waals surface area contributed by atoms with Gasteiger partial charge in [-0.1, -0.05) is 12.2 Å². The molecule has 0 aliphatic heterocycles. The second-order valence-corrected chi connectivity index (χ2v) is 8.12. The number of carbonyl (C=O) groups is 1. The Morgan fingerprint density at radius 2 is 2.25 bits per heavy atom. The number of carboxylic acid groups (broad SMARTS) is 1. The molecular weight excluding hydrogens is 317 g/mol. The number of nitrogens with one attached hydrogen (secondary N) is 1. The summed E-state index contributed by atoms with van der Waals surface area (Å²) in [5.41, 5.74) is 1.04. The van der Waals surface area contributed by atoms with Gasteiger partial charge in [-0.15, -0.1) is 11.8 Å². The van der Waals surface area contributed by atoms with Crippen molar-refractivity contribution in [1.29, 1.82) is 0 Å². The predicted octanol–water partition coefficient (Wildman–Crippen LogP) is 3.59. The number of aliphatic carboxylic acids is 1. The van der Waals surface area contributed by atoms with Gasteiger partial charge in [-0.2, -0.15) is 0 Å². The van der Waals surface area contributed by atoms with E-state index in [0.29, 0.717) is 12.2 Å². The van der Waals surface area contributed by atoms with Crippen molar-refractivity contribution in [3.8, 4) is 5.75 Å². The van der Waals surface area contributed by atoms with E-state index in [1.165, 1.54) is 0 Å². The van der Waals surface area contributed by atoms with Crippen LogP contribution in [0.25, 0.3) is 0 Å². The molecule has 1 aromatic rings. The summed E-state index contributed by atoms with van der Waals surface area (Å²) >= 11 is 5.60. The van der Waals surface area contributed by atoms with Crippen molar-refractivity contribution in [2.45, 2.75) is 24.7 Å². The van der Waals surface area contributed by atoms with Gasteiger partial charge < -0.3 is 9.63 Å². The van der Waals surface area contributed by atoms with Crippen LogP contribution in [0.4, 0.5) is 0 Å². The molecule has 0 saturated carbocycles. The van der Waals surface area contributed by atoms with E-state index in [2.05, 4.69) is 17.3 Å². The van der Waals surface area contributed by atoms with Crippen LogP contribution in [-0.4, -0.2) is 23.9 Å². The van der Waals surface area contributed by atoms with Crippen molar-refractivity contribution >= 4 is 36.7 Å². The molecule has 1 unspecified atom stereocenters. The fourth-order valence-electron chi connectivity index (χ4n) is 1.54. The molecule has 0 spiro atoms. The van der Waals surface area contributed by atoms with Crippen molar-refractivity contribution in [1.82, 2.24) is 5.09 Å². The molecule has 0 aromatic heterocycles. The first-order valence-electron chi connectivity index (χ1n) is 5.98. The van der Waals surface area contributed by atoms with Crippen LogP contribution in [0, 0.1) is 6.92 Å². The molecule has 0 aliphatic carbocycles. The third-order valence-electron chi connectivity index (χ3n) is 2.47. The fourth-order valence-corrected chi connectivity index (χ4v) is 3.62. The van der Waals surface area contributed by atoms with Gasteiger partial charge in [0, 0.05) is 17.9 Å². The Morgan fingerprint density at radius 3 is 2.80 bits per heavy atom. The van der Waals surface area contributed by atoms with Crippen LogP contribution in [0.2, 0.25) is 0 Å². The monoisotopic (exact) mass is 335 g/mol. The summed E-state index contributed by atoms with van der Waals surface area (Å²) in [7, 11) is 0. The van der Waals surface area contributed by atoms with Gasteiger partial charge in [-0.05, 0) is 43.4 Å². The van der Waals surface area contributed by atoms with Gasteiger partial charge in [-0.25, -0.2) is 9.65 Å². The van der Waals surface area contributed by atoms with Gasteiger partial charge >= 0.3 is 12.7 Å². The first-order chi connectivity index (χ1) is 9.34. The maximum atomic E-state index is 12.1. The van der Waals surface area contributed by atoms with Crippen LogP contribution in [-0.2, 0) is 9.36 Å². The highest BCUT2D eigenvalue weighted by atomic mass is 32.7. The maximum Gasteiger partial charge on any atom is 0.371 e. The molecule has 0 heterocycles. The minimum atomic E-state index is -3.27. The summed E-state index contributed by atoms with van der Waals surface area (Å²) in [6, 6.07) is 5.43. The summed E-state index contributed by atoms with van der Waals surface area (Å²) in [5.74, 6) is -0.408. The van der Waals surface area contributed by atoms with E-state index < -0.39 is 12.7 Å². The molecule has 0 radical (unpaired) electrons. The first-order valence-corrected chi connectivity index (χ1v) is 9.98. The Labute approximate surface area is 128 Å². The summed E-state index contributed by atoms with van der Waals surface area (Å²) in [4.78, 5) is 11.5. The molecule has 1 aromatic carbocycles. The largest absolute Gasteiger partial charge is 0.481 e. The maximum absolute atomic E-state index is 12.1. The number of rotatable bonds is 8. The molecule has 20 heavy (non-hydrogen) atoms. The summed E-state index contributed by atoms with van der Waals surface area (Å²) in [6.45, 7) is -1.05. The van der Waals surface area contributed by atoms with E-state index in [0.717, 1.165) is 10.5 Å². The second-order valence-electron chi connectivity index (χ2n) is 4.15. The number of carboxylic acids is 1. The standard InChI is InChI=1S/C12H18NO4PS2/c1-9-8-10(5-6-11(9)20-2)17-18(16,19)13-7-3-4-12(14)15/h5-6,8H,3-4,7H2,1-2H3,(H,14,15)(H2,13,16,19). The molecule has 8 heteroatoms. The number of thiol groups is 1. The topological polar surface area (TPSA) is 75.6 Å². The molecule has 0 fully saturated rings. The molecule has 5 nitrogen and oxygen atoms in total. The zero-order valence-corrected chi connectivity index (χ0v) is 13.9. The lowest BCUT2D eigenvalue weighted by molar-refractivity contribution is -0.137. The van der Waals surface area contributed by atoms with Gasteiger partial charge in [0.15, 0.2) is 0 Å². The average molecular weight is 335 g/mol. The quantitative estimate of drug-likeness (QED) is 0.292. The Kier molecular flexibility index (Phi) is 6.95. The van der Waals surface area contributed by atoms with Crippen LogP contribution in [0.1, 0.15) is 18.4 Å². The van der Waals surface area contributed by atoms with Crippen LogP contribution in [0.15, 0.2) is 23.1 Å². The highest BCUT2D eigenvalue weighted by Crippen LogP contribution is 2.47. The molecular formula is C12H18NO4PS2. The zero-order chi connectivity index (χ0) is 15.2. The van der Waals surface area contributed by atoms with Crippen LogP contribution in [0.5, 0.6) is 5.75 Å². The van der Waals surface area contributed by atoms with Gasteiger partial charge in [0.1, 0.15) is 5.75 Å². The number of hydrogen-bond donors (Lipinski definition) is 3. The lowest BCUT2D eigenvalue weighted by Gasteiger charge is -2.16. The number of aryl methyl sites for hydroxylation is 1. The minimum absolute atomic E-state index is 0.0162. The molecule has 1 rings (SSSR count). The molecule has 0 amide bonds. The molecule has 1 atom stereocenters. The van der Waals surface area contributed by atoms with Gasteiger partial charge in [0.05, 0.1) is 0 Å². The SMILES string of the molecule is CSc1ccc(OP(=O)(S)NCCCC(=O)O)cc1C. The highest BCUT2D eigenvalue weighted by Gasteiger charge is 2.18. The Morgan fingerprint density at radius 1 is 1.55 bits per heavy atom. The van der Waals surface area contributed by atoms with E-state index in [1.807, 2.05) is 19.2 Å². The lowest BCUT2D eigenvalue weighted by atomic mass is 10.2. The van der Waals surface area contributed by atoms with Crippen LogP contribution in [0.3, 0.4) is 0 Å².